The standard InChI is InChI=1S/C11H18O5/c1-5-7-9(13)11(4,16-8(3)12)10(14)15-6-2/h5-7H2,1-4H3. The van der Waals surface area contributed by atoms with Gasteiger partial charge in [-0.25, -0.2) is 4.79 Å². The molecular weight excluding hydrogens is 212 g/mol. The predicted octanol–water partition coefficient (Wildman–Crippen LogP) is 1.24. The molecule has 0 fully saturated rings. The number of hydrogen-bond acceptors (Lipinski definition) is 5. The molecule has 0 bridgehead atoms. The fourth-order valence-electron chi connectivity index (χ4n) is 1.23. The SMILES string of the molecule is CCCC(=O)C(C)(OC(C)=O)C(=O)OCC. The summed E-state index contributed by atoms with van der Waals surface area (Å²) in [6.07, 6.45) is 0.748. The van der Waals surface area contributed by atoms with Crippen LogP contribution in [0.5, 0.6) is 0 Å². The van der Waals surface area contributed by atoms with Crippen LogP contribution in [-0.4, -0.2) is 29.9 Å². The topological polar surface area (TPSA) is 69.7 Å². The van der Waals surface area contributed by atoms with Crippen molar-refractivity contribution in [1.29, 1.82) is 0 Å². The molecule has 0 heterocycles. The average Bonchev–Trinajstić information content (AvgIpc) is 2.17. The summed E-state index contributed by atoms with van der Waals surface area (Å²) in [5.41, 5.74) is -1.81. The van der Waals surface area contributed by atoms with Gasteiger partial charge in [0.25, 0.3) is 5.60 Å². The van der Waals surface area contributed by atoms with Crippen LogP contribution in [0.4, 0.5) is 0 Å². The first-order valence-electron chi connectivity index (χ1n) is 5.28. The van der Waals surface area contributed by atoms with Gasteiger partial charge in [0.2, 0.25) is 0 Å². The van der Waals surface area contributed by atoms with Gasteiger partial charge in [0.1, 0.15) is 0 Å². The second kappa shape index (κ2) is 6.25. The Hall–Kier alpha value is -1.39. The summed E-state index contributed by atoms with van der Waals surface area (Å²) in [6.45, 7) is 5.98. The maximum atomic E-state index is 11.7. The van der Waals surface area contributed by atoms with Gasteiger partial charge in [-0.3, -0.25) is 9.59 Å². The number of Topliss-reactive ketones (excluding diaryl/α,β-unsaturated/α-hetero) is 1. The van der Waals surface area contributed by atoms with E-state index < -0.39 is 23.3 Å². The second-order valence-electron chi connectivity index (χ2n) is 3.52. The Labute approximate surface area is 95.1 Å². The molecule has 0 saturated heterocycles. The van der Waals surface area contributed by atoms with Crippen molar-refractivity contribution in [3.8, 4) is 0 Å². The molecule has 0 N–H and O–H groups in total. The molecule has 1 unspecified atom stereocenters. The molecule has 0 aliphatic heterocycles. The van der Waals surface area contributed by atoms with Crippen molar-refractivity contribution in [2.24, 2.45) is 0 Å². The zero-order chi connectivity index (χ0) is 12.8. The van der Waals surface area contributed by atoms with E-state index in [4.69, 9.17) is 9.47 Å². The molecule has 16 heavy (non-hydrogen) atoms. The van der Waals surface area contributed by atoms with Crippen LogP contribution in [0.1, 0.15) is 40.5 Å². The van der Waals surface area contributed by atoms with Gasteiger partial charge in [0.15, 0.2) is 5.78 Å². The van der Waals surface area contributed by atoms with E-state index in [0.29, 0.717) is 6.42 Å². The fourth-order valence-corrected chi connectivity index (χ4v) is 1.23. The van der Waals surface area contributed by atoms with E-state index in [0.717, 1.165) is 6.92 Å². The summed E-state index contributed by atoms with van der Waals surface area (Å²) in [4.78, 5) is 34.2. The van der Waals surface area contributed by atoms with Crippen molar-refractivity contribution in [1.82, 2.24) is 0 Å². The molecule has 0 aliphatic rings. The lowest BCUT2D eigenvalue weighted by molar-refractivity contribution is -0.182. The number of ketones is 1. The maximum Gasteiger partial charge on any atom is 0.358 e. The molecule has 0 saturated carbocycles. The van der Waals surface area contributed by atoms with Gasteiger partial charge < -0.3 is 9.47 Å². The van der Waals surface area contributed by atoms with Gasteiger partial charge in [-0.2, -0.15) is 0 Å². The van der Waals surface area contributed by atoms with Gasteiger partial charge in [-0.15, -0.1) is 0 Å². The Morgan fingerprint density at radius 3 is 2.12 bits per heavy atom. The van der Waals surface area contributed by atoms with Gasteiger partial charge in [-0.05, 0) is 20.3 Å². The van der Waals surface area contributed by atoms with E-state index in [1.807, 2.05) is 0 Å². The number of hydrogen-bond donors (Lipinski definition) is 0. The summed E-state index contributed by atoms with van der Waals surface area (Å²) in [5.74, 6) is -1.94. The zero-order valence-electron chi connectivity index (χ0n) is 10.2. The van der Waals surface area contributed by atoms with Crippen molar-refractivity contribution in [2.45, 2.75) is 46.1 Å². The van der Waals surface area contributed by atoms with Crippen LogP contribution in [0.15, 0.2) is 0 Å². The monoisotopic (exact) mass is 230 g/mol. The van der Waals surface area contributed by atoms with Crippen molar-refractivity contribution >= 4 is 17.7 Å². The van der Waals surface area contributed by atoms with Crippen LogP contribution < -0.4 is 0 Å². The van der Waals surface area contributed by atoms with E-state index in [1.54, 1.807) is 13.8 Å². The lowest BCUT2D eigenvalue weighted by atomic mass is 9.97. The summed E-state index contributed by atoms with van der Waals surface area (Å²) in [6, 6.07) is 0. The summed E-state index contributed by atoms with van der Waals surface area (Å²) >= 11 is 0. The quantitative estimate of drug-likeness (QED) is 0.507. The smallest absolute Gasteiger partial charge is 0.358 e. The molecule has 5 nitrogen and oxygen atoms in total. The summed E-state index contributed by atoms with van der Waals surface area (Å²) in [7, 11) is 0. The van der Waals surface area contributed by atoms with Crippen LogP contribution in [0, 0.1) is 0 Å². The van der Waals surface area contributed by atoms with Crippen LogP contribution in [0.2, 0.25) is 0 Å². The van der Waals surface area contributed by atoms with E-state index in [9.17, 15) is 14.4 Å². The van der Waals surface area contributed by atoms with E-state index in [-0.39, 0.29) is 13.0 Å². The largest absolute Gasteiger partial charge is 0.463 e. The molecule has 0 aliphatic carbocycles. The number of esters is 2. The summed E-state index contributed by atoms with van der Waals surface area (Å²) < 4.78 is 9.54. The molecule has 0 radical (unpaired) electrons. The number of carbonyl (C=O) groups excluding carboxylic acids is 3. The molecular formula is C11H18O5. The van der Waals surface area contributed by atoms with E-state index in [2.05, 4.69) is 0 Å². The Morgan fingerprint density at radius 1 is 1.19 bits per heavy atom. The van der Waals surface area contributed by atoms with Crippen molar-refractivity contribution < 1.29 is 23.9 Å². The first-order valence-corrected chi connectivity index (χ1v) is 5.28. The minimum absolute atomic E-state index is 0.134. The molecule has 0 amide bonds. The van der Waals surface area contributed by atoms with Gasteiger partial charge in [0.05, 0.1) is 6.61 Å². The highest BCUT2D eigenvalue weighted by atomic mass is 16.6. The van der Waals surface area contributed by atoms with Crippen LogP contribution >= 0.6 is 0 Å². The third-order valence-corrected chi connectivity index (χ3v) is 2.02. The third kappa shape index (κ3) is 3.64. The van der Waals surface area contributed by atoms with Gasteiger partial charge in [0, 0.05) is 13.3 Å². The maximum absolute atomic E-state index is 11.7. The van der Waals surface area contributed by atoms with E-state index in [1.165, 1.54) is 6.92 Å². The molecule has 0 aromatic rings. The van der Waals surface area contributed by atoms with Crippen LogP contribution in [0.25, 0.3) is 0 Å². The van der Waals surface area contributed by atoms with Gasteiger partial charge >= 0.3 is 11.9 Å². The first kappa shape index (κ1) is 14.6. The number of ether oxygens (including phenoxy) is 2. The average molecular weight is 230 g/mol. The van der Waals surface area contributed by atoms with Gasteiger partial charge in [-0.1, -0.05) is 6.92 Å². The molecule has 0 aromatic carbocycles. The first-order chi connectivity index (χ1) is 7.38. The molecule has 1 atom stereocenters. The van der Waals surface area contributed by atoms with Crippen LogP contribution in [-0.2, 0) is 23.9 Å². The molecule has 0 rings (SSSR count). The second-order valence-corrected chi connectivity index (χ2v) is 3.52. The molecule has 0 aromatic heterocycles. The van der Waals surface area contributed by atoms with Crippen molar-refractivity contribution in [2.75, 3.05) is 6.61 Å². The van der Waals surface area contributed by atoms with Crippen LogP contribution in [0.3, 0.4) is 0 Å². The molecule has 5 heteroatoms. The minimum atomic E-state index is -1.81. The lowest BCUT2D eigenvalue weighted by Crippen LogP contribution is -2.48. The molecule has 0 spiro atoms. The number of carbonyl (C=O) groups is 3. The highest BCUT2D eigenvalue weighted by molar-refractivity contribution is 6.08. The number of rotatable bonds is 6. The predicted molar refractivity (Wildman–Crippen MR) is 56.7 cm³/mol. The fraction of sp³-hybridized carbons (Fsp3) is 0.727. The normalized spacial score (nSPS) is 13.8. The minimum Gasteiger partial charge on any atom is -0.463 e. The van der Waals surface area contributed by atoms with Crippen molar-refractivity contribution in [3.05, 3.63) is 0 Å². The Balaban J connectivity index is 4.93. The Morgan fingerprint density at radius 2 is 1.75 bits per heavy atom. The lowest BCUT2D eigenvalue weighted by Gasteiger charge is -2.24. The molecule has 92 valence electrons. The van der Waals surface area contributed by atoms with Crippen molar-refractivity contribution in [3.63, 3.8) is 0 Å². The highest BCUT2D eigenvalue weighted by Crippen LogP contribution is 2.18. The summed E-state index contributed by atoms with van der Waals surface area (Å²) in [5, 5.41) is 0. The van der Waals surface area contributed by atoms with E-state index >= 15 is 0 Å². The Kier molecular flexibility index (Phi) is 5.71. The third-order valence-electron chi connectivity index (χ3n) is 2.02. The Bertz CT molecular complexity index is 264. The zero-order valence-corrected chi connectivity index (χ0v) is 10.2. The highest BCUT2D eigenvalue weighted by Gasteiger charge is 2.45.